The highest BCUT2D eigenvalue weighted by molar-refractivity contribution is 5.81. The van der Waals surface area contributed by atoms with E-state index < -0.39 is 0 Å². The highest BCUT2D eigenvalue weighted by atomic mass is 15.1. The number of rotatable bonds is 4. The molecule has 2 N–H and O–H groups in total. The van der Waals surface area contributed by atoms with Crippen LogP contribution in [-0.4, -0.2) is 10.2 Å². The summed E-state index contributed by atoms with van der Waals surface area (Å²) < 4.78 is 0. The molecule has 0 amide bonds. The number of fused-ring (bicyclic) bond motifs is 1. The van der Waals surface area contributed by atoms with Crippen LogP contribution < -0.4 is 5.32 Å². The first-order valence-corrected chi connectivity index (χ1v) is 6.61. The van der Waals surface area contributed by atoms with E-state index >= 15 is 0 Å². The number of aromatic nitrogens is 2. The zero-order valence-corrected chi connectivity index (χ0v) is 10.9. The molecule has 1 unspecified atom stereocenters. The van der Waals surface area contributed by atoms with E-state index in [0.717, 1.165) is 23.0 Å². The van der Waals surface area contributed by atoms with Gasteiger partial charge in [-0.2, -0.15) is 5.10 Å². The molecule has 3 nitrogen and oxygen atoms in total. The molecule has 1 aromatic heterocycles. The van der Waals surface area contributed by atoms with Crippen LogP contribution in [0, 0.1) is 0 Å². The van der Waals surface area contributed by atoms with Crippen molar-refractivity contribution in [1.29, 1.82) is 0 Å². The predicted molar refractivity (Wildman–Crippen MR) is 79.2 cm³/mol. The zero-order chi connectivity index (χ0) is 13.1. The molecule has 1 heterocycles. The molecule has 2 aromatic carbocycles. The standard InChI is InChI=1S/C16H17N3/c1-2-15(12-6-4-3-5-7-12)18-14-8-9-16-13(10-14)11-17-19-16/h3-11,15,18H,2H2,1H3,(H,17,19). The lowest BCUT2D eigenvalue weighted by Crippen LogP contribution is -2.09. The van der Waals surface area contributed by atoms with Gasteiger partial charge in [-0.3, -0.25) is 5.10 Å². The van der Waals surface area contributed by atoms with Crippen LogP contribution in [-0.2, 0) is 0 Å². The summed E-state index contributed by atoms with van der Waals surface area (Å²) >= 11 is 0. The number of benzene rings is 2. The molecular weight excluding hydrogens is 234 g/mol. The van der Waals surface area contributed by atoms with Crippen molar-refractivity contribution in [3.8, 4) is 0 Å². The second-order valence-corrected chi connectivity index (χ2v) is 4.69. The Labute approximate surface area is 112 Å². The van der Waals surface area contributed by atoms with Gasteiger partial charge in [-0.25, -0.2) is 0 Å². The molecule has 0 saturated carbocycles. The van der Waals surface area contributed by atoms with Crippen LogP contribution in [0.4, 0.5) is 5.69 Å². The summed E-state index contributed by atoms with van der Waals surface area (Å²) in [4.78, 5) is 0. The Bertz CT molecular complexity index is 658. The third-order valence-corrected chi connectivity index (χ3v) is 3.39. The zero-order valence-electron chi connectivity index (χ0n) is 10.9. The molecule has 0 bridgehead atoms. The van der Waals surface area contributed by atoms with Crippen molar-refractivity contribution in [2.24, 2.45) is 0 Å². The average Bonchev–Trinajstić information content (AvgIpc) is 2.93. The molecule has 19 heavy (non-hydrogen) atoms. The van der Waals surface area contributed by atoms with Gasteiger partial charge >= 0.3 is 0 Å². The van der Waals surface area contributed by atoms with Gasteiger partial charge < -0.3 is 5.32 Å². The van der Waals surface area contributed by atoms with Crippen LogP contribution in [0.5, 0.6) is 0 Å². The van der Waals surface area contributed by atoms with Gasteiger partial charge in [0.2, 0.25) is 0 Å². The first-order valence-electron chi connectivity index (χ1n) is 6.61. The van der Waals surface area contributed by atoms with Crippen molar-refractivity contribution < 1.29 is 0 Å². The molecule has 3 rings (SSSR count). The molecule has 1 atom stereocenters. The third kappa shape index (κ3) is 2.45. The Kier molecular flexibility index (Phi) is 3.19. The Morgan fingerprint density at radius 3 is 2.79 bits per heavy atom. The van der Waals surface area contributed by atoms with Crippen LogP contribution >= 0.6 is 0 Å². The van der Waals surface area contributed by atoms with Crippen LogP contribution in [0.15, 0.2) is 54.7 Å². The maximum Gasteiger partial charge on any atom is 0.0651 e. The number of hydrogen-bond donors (Lipinski definition) is 2. The fraction of sp³-hybridized carbons (Fsp3) is 0.188. The molecule has 0 aliphatic rings. The fourth-order valence-electron chi connectivity index (χ4n) is 2.34. The molecule has 0 aliphatic carbocycles. The van der Waals surface area contributed by atoms with Gasteiger partial charge in [0.25, 0.3) is 0 Å². The summed E-state index contributed by atoms with van der Waals surface area (Å²) in [6.45, 7) is 2.20. The van der Waals surface area contributed by atoms with E-state index in [1.54, 1.807) is 0 Å². The average molecular weight is 251 g/mol. The summed E-state index contributed by atoms with van der Waals surface area (Å²) in [5, 5.41) is 11.7. The van der Waals surface area contributed by atoms with E-state index in [1.165, 1.54) is 5.56 Å². The molecule has 96 valence electrons. The number of nitrogens with zero attached hydrogens (tertiary/aromatic N) is 1. The Balaban J connectivity index is 1.86. The first kappa shape index (κ1) is 11.8. The fourth-order valence-corrected chi connectivity index (χ4v) is 2.34. The van der Waals surface area contributed by atoms with E-state index in [2.05, 4.69) is 64.9 Å². The van der Waals surface area contributed by atoms with Crippen LogP contribution in [0.1, 0.15) is 24.9 Å². The lowest BCUT2D eigenvalue weighted by Gasteiger charge is -2.18. The van der Waals surface area contributed by atoms with Crippen LogP contribution in [0.25, 0.3) is 10.9 Å². The highest BCUT2D eigenvalue weighted by Gasteiger charge is 2.08. The first-order chi connectivity index (χ1) is 9.36. The lowest BCUT2D eigenvalue weighted by atomic mass is 10.0. The quantitative estimate of drug-likeness (QED) is 0.732. The minimum Gasteiger partial charge on any atom is -0.378 e. The molecular formula is C16H17N3. The van der Waals surface area contributed by atoms with Gasteiger partial charge in [-0.05, 0) is 30.2 Å². The summed E-state index contributed by atoms with van der Waals surface area (Å²) in [6, 6.07) is 17.2. The number of anilines is 1. The van der Waals surface area contributed by atoms with Crippen LogP contribution in [0.2, 0.25) is 0 Å². The molecule has 0 saturated heterocycles. The number of hydrogen-bond acceptors (Lipinski definition) is 2. The number of aromatic amines is 1. The smallest absolute Gasteiger partial charge is 0.0651 e. The maximum absolute atomic E-state index is 4.05. The molecule has 0 aliphatic heterocycles. The largest absolute Gasteiger partial charge is 0.378 e. The van der Waals surface area contributed by atoms with E-state index in [1.807, 2.05) is 12.3 Å². The van der Waals surface area contributed by atoms with E-state index in [0.29, 0.717) is 6.04 Å². The number of nitrogens with one attached hydrogen (secondary N) is 2. The normalized spacial score (nSPS) is 12.5. The van der Waals surface area contributed by atoms with Gasteiger partial charge in [0.1, 0.15) is 0 Å². The minimum atomic E-state index is 0.338. The van der Waals surface area contributed by atoms with Gasteiger partial charge in [-0.15, -0.1) is 0 Å². The summed E-state index contributed by atoms with van der Waals surface area (Å²) in [7, 11) is 0. The van der Waals surface area contributed by atoms with E-state index in [-0.39, 0.29) is 0 Å². The van der Waals surface area contributed by atoms with Crippen molar-refractivity contribution in [2.45, 2.75) is 19.4 Å². The summed E-state index contributed by atoms with van der Waals surface area (Å²) in [5.74, 6) is 0. The molecule has 3 heteroatoms. The van der Waals surface area contributed by atoms with Gasteiger partial charge in [0, 0.05) is 11.1 Å². The SMILES string of the molecule is CCC(Nc1ccc2[nH]ncc2c1)c1ccccc1. The second-order valence-electron chi connectivity index (χ2n) is 4.69. The Morgan fingerprint density at radius 1 is 1.16 bits per heavy atom. The van der Waals surface area contributed by atoms with Gasteiger partial charge in [0.05, 0.1) is 17.8 Å². The molecule has 3 aromatic rings. The highest BCUT2D eigenvalue weighted by Crippen LogP contribution is 2.24. The van der Waals surface area contributed by atoms with Crippen molar-refractivity contribution in [2.75, 3.05) is 5.32 Å². The number of H-pyrrole nitrogens is 1. The molecule has 0 spiro atoms. The molecule has 0 fully saturated rings. The van der Waals surface area contributed by atoms with Crippen LogP contribution in [0.3, 0.4) is 0 Å². The predicted octanol–water partition coefficient (Wildman–Crippen LogP) is 4.13. The summed E-state index contributed by atoms with van der Waals surface area (Å²) in [5.41, 5.74) is 3.51. The minimum absolute atomic E-state index is 0.338. The van der Waals surface area contributed by atoms with Crippen molar-refractivity contribution >= 4 is 16.6 Å². The lowest BCUT2D eigenvalue weighted by molar-refractivity contribution is 0.749. The van der Waals surface area contributed by atoms with Crippen molar-refractivity contribution in [1.82, 2.24) is 10.2 Å². The monoisotopic (exact) mass is 251 g/mol. The van der Waals surface area contributed by atoms with Gasteiger partial charge in [-0.1, -0.05) is 37.3 Å². The second kappa shape index (κ2) is 5.14. The van der Waals surface area contributed by atoms with Gasteiger partial charge in [0.15, 0.2) is 0 Å². The molecule has 0 radical (unpaired) electrons. The Morgan fingerprint density at radius 2 is 2.00 bits per heavy atom. The Hall–Kier alpha value is -2.29. The van der Waals surface area contributed by atoms with E-state index in [9.17, 15) is 0 Å². The summed E-state index contributed by atoms with van der Waals surface area (Å²) in [6.07, 6.45) is 2.90. The van der Waals surface area contributed by atoms with Crippen molar-refractivity contribution in [3.05, 3.63) is 60.3 Å². The third-order valence-electron chi connectivity index (χ3n) is 3.39. The topological polar surface area (TPSA) is 40.7 Å². The van der Waals surface area contributed by atoms with E-state index in [4.69, 9.17) is 0 Å². The van der Waals surface area contributed by atoms with Crippen molar-refractivity contribution in [3.63, 3.8) is 0 Å². The maximum atomic E-state index is 4.05.